The van der Waals surface area contributed by atoms with Crippen LogP contribution >= 0.6 is 11.6 Å². The highest BCUT2D eigenvalue weighted by atomic mass is 35.5. The third-order valence-electron chi connectivity index (χ3n) is 4.63. The lowest BCUT2D eigenvalue weighted by molar-refractivity contribution is -0.116. The molecule has 0 aliphatic carbocycles. The van der Waals surface area contributed by atoms with E-state index in [9.17, 15) is 13.2 Å². The summed E-state index contributed by atoms with van der Waals surface area (Å²) in [5.74, 6) is 0.378. The summed E-state index contributed by atoms with van der Waals surface area (Å²) >= 11 is 5.86. The van der Waals surface area contributed by atoms with Crippen molar-refractivity contribution in [2.24, 2.45) is 4.99 Å². The predicted octanol–water partition coefficient (Wildman–Crippen LogP) is 4.16. The molecular formula is C21H24ClN3O3S. The summed E-state index contributed by atoms with van der Waals surface area (Å²) in [7, 11) is -3.68. The molecule has 154 valence electrons. The van der Waals surface area contributed by atoms with E-state index < -0.39 is 10.0 Å². The van der Waals surface area contributed by atoms with Gasteiger partial charge in [-0.15, -0.1) is 0 Å². The van der Waals surface area contributed by atoms with Gasteiger partial charge in [-0.3, -0.25) is 14.5 Å². The number of amidine groups is 1. The van der Waals surface area contributed by atoms with E-state index in [2.05, 4.69) is 15.0 Å². The molecule has 1 amide bonds. The number of halogens is 1. The first-order chi connectivity index (χ1) is 13.9. The highest BCUT2D eigenvalue weighted by Crippen LogP contribution is 2.16. The van der Waals surface area contributed by atoms with Crippen LogP contribution in [-0.2, 0) is 21.2 Å². The number of carbonyl (C=O) groups excluding carboxylic acids is 1. The molecule has 0 radical (unpaired) electrons. The van der Waals surface area contributed by atoms with Crippen molar-refractivity contribution in [1.82, 2.24) is 4.72 Å². The Morgan fingerprint density at radius 3 is 2.45 bits per heavy atom. The smallest absolute Gasteiger partial charge is 0.262 e. The van der Waals surface area contributed by atoms with Gasteiger partial charge >= 0.3 is 0 Å². The zero-order valence-corrected chi connectivity index (χ0v) is 17.6. The first kappa shape index (κ1) is 21.3. The first-order valence-electron chi connectivity index (χ1n) is 9.63. The highest BCUT2D eigenvalue weighted by Gasteiger charge is 2.17. The van der Waals surface area contributed by atoms with Crippen molar-refractivity contribution in [3.63, 3.8) is 0 Å². The summed E-state index contributed by atoms with van der Waals surface area (Å²) in [5, 5.41) is 3.45. The molecular weight excluding hydrogens is 410 g/mol. The maximum absolute atomic E-state index is 12.5. The number of nitrogens with one attached hydrogen (secondary N) is 2. The molecule has 0 aromatic heterocycles. The van der Waals surface area contributed by atoms with Gasteiger partial charge in [-0.1, -0.05) is 30.2 Å². The van der Waals surface area contributed by atoms with Crippen molar-refractivity contribution in [2.75, 3.05) is 11.9 Å². The van der Waals surface area contributed by atoms with Gasteiger partial charge in [-0.05, 0) is 61.2 Å². The Bertz CT molecular complexity index is 971. The zero-order chi connectivity index (χ0) is 20.7. The van der Waals surface area contributed by atoms with Crippen molar-refractivity contribution in [3.8, 4) is 0 Å². The number of hydrogen-bond acceptors (Lipinski definition) is 4. The molecule has 0 spiro atoms. The summed E-state index contributed by atoms with van der Waals surface area (Å²) in [5.41, 5.74) is 1.58. The molecule has 1 aliphatic heterocycles. The van der Waals surface area contributed by atoms with Gasteiger partial charge in [0.1, 0.15) is 5.84 Å². The largest absolute Gasteiger partial charge is 0.326 e. The number of aryl methyl sites for hydroxylation is 1. The number of carbonyl (C=O) groups is 1. The maximum atomic E-state index is 12.5. The second-order valence-corrected chi connectivity index (χ2v) is 9.06. The average Bonchev–Trinajstić information content (AvgIpc) is 2.96. The van der Waals surface area contributed by atoms with Crippen LogP contribution in [-0.4, -0.2) is 26.7 Å². The topological polar surface area (TPSA) is 87.6 Å². The number of nitrogens with zero attached hydrogens (tertiary/aromatic N) is 1. The summed E-state index contributed by atoms with van der Waals surface area (Å²) in [4.78, 5) is 16.6. The number of aliphatic imine (C=N–C) groups is 1. The van der Waals surface area contributed by atoms with E-state index in [0.717, 1.165) is 24.8 Å². The van der Waals surface area contributed by atoms with E-state index in [1.54, 1.807) is 24.3 Å². The molecule has 0 saturated heterocycles. The Morgan fingerprint density at radius 1 is 1.00 bits per heavy atom. The first-order valence-corrected chi connectivity index (χ1v) is 11.5. The van der Waals surface area contributed by atoms with Gasteiger partial charge in [0, 0.05) is 30.1 Å². The minimum absolute atomic E-state index is 0.138. The van der Waals surface area contributed by atoms with Gasteiger partial charge in [0.15, 0.2) is 0 Å². The van der Waals surface area contributed by atoms with E-state index in [4.69, 9.17) is 11.6 Å². The van der Waals surface area contributed by atoms with Crippen molar-refractivity contribution in [2.45, 2.75) is 43.4 Å². The standard InChI is InChI=1S/C21H24ClN3O3S/c22-17-8-5-16(6-9-17)7-14-21(26)24-18-10-12-19(13-11-18)29(27,28)25-20-4-2-1-3-15-23-20/h5-6,8-13H,1-4,7,14-15H2,(H,23,25)(H,24,26). The van der Waals surface area contributed by atoms with Crippen LogP contribution in [0.5, 0.6) is 0 Å². The fourth-order valence-corrected chi connectivity index (χ4v) is 4.24. The lowest BCUT2D eigenvalue weighted by Gasteiger charge is -2.11. The van der Waals surface area contributed by atoms with Crippen LogP contribution in [0.1, 0.15) is 37.7 Å². The number of amides is 1. The fourth-order valence-electron chi connectivity index (χ4n) is 3.02. The quantitative estimate of drug-likeness (QED) is 0.716. The molecule has 0 unspecified atom stereocenters. The van der Waals surface area contributed by atoms with E-state index in [1.165, 1.54) is 12.1 Å². The van der Waals surface area contributed by atoms with E-state index in [1.807, 2.05) is 12.1 Å². The lowest BCUT2D eigenvalue weighted by Crippen LogP contribution is -2.30. The third-order valence-corrected chi connectivity index (χ3v) is 6.28. The third kappa shape index (κ3) is 6.58. The Balaban J connectivity index is 1.55. The maximum Gasteiger partial charge on any atom is 0.262 e. The minimum Gasteiger partial charge on any atom is -0.326 e. The van der Waals surface area contributed by atoms with Gasteiger partial charge < -0.3 is 5.32 Å². The van der Waals surface area contributed by atoms with Crippen LogP contribution in [0, 0.1) is 0 Å². The van der Waals surface area contributed by atoms with Crippen molar-refractivity contribution < 1.29 is 13.2 Å². The monoisotopic (exact) mass is 433 g/mol. The molecule has 1 aliphatic rings. The molecule has 0 saturated carbocycles. The van der Waals surface area contributed by atoms with Gasteiger partial charge in [-0.25, -0.2) is 8.42 Å². The Hall–Kier alpha value is -2.38. The van der Waals surface area contributed by atoms with Gasteiger partial charge in [0.2, 0.25) is 5.91 Å². The van der Waals surface area contributed by atoms with Crippen LogP contribution in [0.3, 0.4) is 0 Å². The Kier molecular flexibility index (Phi) is 7.28. The highest BCUT2D eigenvalue weighted by molar-refractivity contribution is 7.90. The predicted molar refractivity (Wildman–Crippen MR) is 116 cm³/mol. The molecule has 2 aromatic rings. The van der Waals surface area contributed by atoms with Gasteiger partial charge in [0.25, 0.3) is 10.0 Å². The Morgan fingerprint density at radius 2 is 1.72 bits per heavy atom. The minimum atomic E-state index is -3.68. The van der Waals surface area contributed by atoms with Gasteiger partial charge in [-0.2, -0.15) is 0 Å². The molecule has 2 aromatic carbocycles. The molecule has 0 bridgehead atoms. The van der Waals surface area contributed by atoms with Crippen LogP contribution in [0.25, 0.3) is 0 Å². The average molecular weight is 434 g/mol. The van der Waals surface area contributed by atoms with Crippen LogP contribution in [0.2, 0.25) is 5.02 Å². The van der Waals surface area contributed by atoms with Gasteiger partial charge in [0.05, 0.1) is 4.90 Å². The number of benzene rings is 2. The number of hydrogen-bond donors (Lipinski definition) is 2. The summed E-state index contributed by atoms with van der Waals surface area (Å²) < 4.78 is 27.7. The van der Waals surface area contributed by atoms with Crippen molar-refractivity contribution in [1.29, 1.82) is 0 Å². The molecule has 2 N–H and O–H groups in total. The summed E-state index contributed by atoms with van der Waals surface area (Å²) in [6, 6.07) is 13.5. The molecule has 1 heterocycles. The van der Waals surface area contributed by atoms with E-state index in [-0.39, 0.29) is 10.8 Å². The van der Waals surface area contributed by atoms with Crippen molar-refractivity contribution >= 4 is 39.1 Å². The number of sulfonamides is 1. The normalized spacial score (nSPS) is 14.6. The number of rotatable bonds is 6. The number of anilines is 1. The van der Waals surface area contributed by atoms with Crippen LogP contribution in [0.15, 0.2) is 58.4 Å². The van der Waals surface area contributed by atoms with Crippen LogP contribution in [0.4, 0.5) is 5.69 Å². The summed E-state index contributed by atoms with van der Waals surface area (Å²) in [6.45, 7) is 0.652. The van der Waals surface area contributed by atoms with Crippen molar-refractivity contribution in [3.05, 3.63) is 59.1 Å². The SMILES string of the molecule is O=C(CCc1ccc(Cl)cc1)Nc1ccc(S(=O)(=O)NC2=NCCCCC2)cc1. The second kappa shape index (κ2) is 9.89. The lowest BCUT2D eigenvalue weighted by atomic mass is 10.1. The van der Waals surface area contributed by atoms with E-state index in [0.29, 0.717) is 42.4 Å². The molecule has 0 fully saturated rings. The Labute approximate surface area is 176 Å². The molecule has 6 nitrogen and oxygen atoms in total. The molecule has 0 atom stereocenters. The second-order valence-electron chi connectivity index (χ2n) is 6.94. The van der Waals surface area contributed by atoms with E-state index >= 15 is 0 Å². The molecule has 8 heteroatoms. The molecule has 3 rings (SSSR count). The molecule has 29 heavy (non-hydrogen) atoms. The fraction of sp³-hybridized carbons (Fsp3) is 0.333. The van der Waals surface area contributed by atoms with Crippen LogP contribution < -0.4 is 10.0 Å². The zero-order valence-electron chi connectivity index (χ0n) is 16.0. The summed E-state index contributed by atoms with van der Waals surface area (Å²) in [6.07, 6.45) is 4.53.